The van der Waals surface area contributed by atoms with Gasteiger partial charge in [0.25, 0.3) is 0 Å². The number of nitrogens with one attached hydrogen (secondary N) is 3. The summed E-state index contributed by atoms with van der Waals surface area (Å²) in [5.74, 6) is -0.382. The van der Waals surface area contributed by atoms with Gasteiger partial charge in [-0.25, -0.2) is 4.79 Å². The van der Waals surface area contributed by atoms with Crippen molar-refractivity contribution in [1.82, 2.24) is 10.6 Å². The molecule has 92 valence electrons. The van der Waals surface area contributed by atoms with Crippen LogP contribution in [0.5, 0.6) is 0 Å². The van der Waals surface area contributed by atoms with Gasteiger partial charge in [0.15, 0.2) is 0 Å². The number of halogens is 1. The number of rotatable bonds is 3. The van der Waals surface area contributed by atoms with Crippen LogP contribution in [0, 0.1) is 0 Å². The Kier molecular flexibility index (Phi) is 4.96. The molecule has 5 nitrogen and oxygen atoms in total. The fourth-order valence-corrected chi connectivity index (χ4v) is 1.41. The standard InChI is InChI=1S/C11H14BrN3O2/c1-7(10(16)15-11(17)13-2)14-9-5-3-8(12)4-6-9/h3-7,14H,1-2H3,(H2,13,15,16,17)/t7-/m0/s1. The summed E-state index contributed by atoms with van der Waals surface area (Å²) < 4.78 is 0.963. The Balaban J connectivity index is 2.54. The lowest BCUT2D eigenvalue weighted by Crippen LogP contribution is -2.44. The van der Waals surface area contributed by atoms with Gasteiger partial charge in [-0.05, 0) is 31.2 Å². The predicted octanol–water partition coefficient (Wildman–Crippen LogP) is 1.71. The molecule has 0 radical (unpaired) electrons. The van der Waals surface area contributed by atoms with Crippen molar-refractivity contribution in [2.75, 3.05) is 12.4 Å². The molecule has 0 fully saturated rings. The molecule has 1 atom stereocenters. The summed E-state index contributed by atoms with van der Waals surface area (Å²) in [6, 6.07) is 6.41. The van der Waals surface area contributed by atoms with E-state index in [1.165, 1.54) is 7.05 Å². The zero-order valence-corrected chi connectivity index (χ0v) is 11.2. The lowest BCUT2D eigenvalue weighted by Gasteiger charge is -2.14. The molecule has 3 amide bonds. The van der Waals surface area contributed by atoms with Crippen LogP contribution in [0.1, 0.15) is 6.92 Å². The minimum Gasteiger partial charge on any atom is -0.374 e. The van der Waals surface area contributed by atoms with E-state index in [0.29, 0.717) is 0 Å². The topological polar surface area (TPSA) is 70.2 Å². The highest BCUT2D eigenvalue weighted by atomic mass is 79.9. The monoisotopic (exact) mass is 299 g/mol. The number of benzene rings is 1. The average Bonchev–Trinajstić information content (AvgIpc) is 2.31. The highest BCUT2D eigenvalue weighted by molar-refractivity contribution is 9.10. The van der Waals surface area contributed by atoms with E-state index in [0.717, 1.165) is 10.2 Å². The van der Waals surface area contributed by atoms with E-state index >= 15 is 0 Å². The van der Waals surface area contributed by atoms with Crippen molar-refractivity contribution in [3.63, 3.8) is 0 Å². The molecular weight excluding hydrogens is 286 g/mol. The maximum atomic E-state index is 11.5. The van der Waals surface area contributed by atoms with Crippen molar-refractivity contribution >= 4 is 33.6 Å². The minimum atomic E-state index is -0.514. The van der Waals surface area contributed by atoms with E-state index in [4.69, 9.17) is 0 Å². The van der Waals surface area contributed by atoms with Crippen molar-refractivity contribution in [3.05, 3.63) is 28.7 Å². The molecule has 3 N–H and O–H groups in total. The van der Waals surface area contributed by atoms with E-state index in [1.807, 2.05) is 24.3 Å². The second kappa shape index (κ2) is 6.24. The Morgan fingerprint density at radius 3 is 2.35 bits per heavy atom. The Labute approximate surface area is 108 Å². The number of urea groups is 1. The van der Waals surface area contributed by atoms with E-state index in [1.54, 1.807) is 6.92 Å². The van der Waals surface area contributed by atoms with Crippen LogP contribution in [0.25, 0.3) is 0 Å². The van der Waals surface area contributed by atoms with Crippen LogP contribution >= 0.6 is 15.9 Å². The maximum absolute atomic E-state index is 11.5. The number of hydrogen-bond acceptors (Lipinski definition) is 3. The van der Waals surface area contributed by atoms with E-state index in [-0.39, 0.29) is 5.91 Å². The molecule has 0 spiro atoms. The normalized spacial score (nSPS) is 11.5. The fraction of sp³-hybridized carbons (Fsp3) is 0.273. The molecule has 0 aliphatic carbocycles. The van der Waals surface area contributed by atoms with Gasteiger partial charge in [-0.3, -0.25) is 10.1 Å². The number of amides is 3. The van der Waals surface area contributed by atoms with E-state index < -0.39 is 12.1 Å². The summed E-state index contributed by atoms with van der Waals surface area (Å²) in [6.45, 7) is 1.68. The van der Waals surface area contributed by atoms with Gasteiger partial charge in [0.05, 0.1) is 0 Å². The zero-order valence-electron chi connectivity index (χ0n) is 9.58. The van der Waals surface area contributed by atoms with Gasteiger partial charge >= 0.3 is 6.03 Å². The fourth-order valence-electron chi connectivity index (χ4n) is 1.14. The minimum absolute atomic E-state index is 0.382. The molecule has 1 aromatic carbocycles. The highest BCUT2D eigenvalue weighted by Crippen LogP contribution is 2.14. The Bertz CT molecular complexity index is 406. The first-order valence-electron chi connectivity index (χ1n) is 5.07. The smallest absolute Gasteiger partial charge is 0.321 e. The lowest BCUT2D eigenvalue weighted by molar-refractivity contribution is -0.120. The van der Waals surface area contributed by atoms with Gasteiger partial charge < -0.3 is 10.6 Å². The van der Waals surface area contributed by atoms with Crippen LogP contribution in [0.2, 0.25) is 0 Å². The second-order valence-electron chi connectivity index (χ2n) is 3.44. The first kappa shape index (κ1) is 13.5. The summed E-state index contributed by atoms with van der Waals surface area (Å²) >= 11 is 3.32. The first-order chi connectivity index (χ1) is 8.02. The Morgan fingerprint density at radius 2 is 1.82 bits per heavy atom. The lowest BCUT2D eigenvalue weighted by atomic mass is 10.2. The summed E-state index contributed by atoms with van der Waals surface area (Å²) in [5, 5.41) is 7.50. The van der Waals surface area contributed by atoms with Gasteiger partial charge in [-0.15, -0.1) is 0 Å². The van der Waals surface area contributed by atoms with Gasteiger partial charge in [-0.1, -0.05) is 15.9 Å². The van der Waals surface area contributed by atoms with Crippen molar-refractivity contribution in [3.8, 4) is 0 Å². The van der Waals surface area contributed by atoms with Gasteiger partial charge in [0.1, 0.15) is 6.04 Å². The quantitative estimate of drug-likeness (QED) is 0.796. The summed E-state index contributed by atoms with van der Waals surface area (Å²) in [6.07, 6.45) is 0. The molecule has 0 aromatic heterocycles. The number of imide groups is 1. The van der Waals surface area contributed by atoms with Gasteiger partial charge in [0.2, 0.25) is 5.91 Å². The third-order valence-corrected chi connectivity index (χ3v) is 2.61. The molecule has 0 unspecified atom stereocenters. The SMILES string of the molecule is CNC(=O)NC(=O)[C@H](C)Nc1ccc(Br)cc1. The Morgan fingerprint density at radius 1 is 1.24 bits per heavy atom. The molecule has 17 heavy (non-hydrogen) atoms. The molecule has 0 bridgehead atoms. The molecule has 0 aliphatic rings. The molecule has 0 aliphatic heterocycles. The third-order valence-electron chi connectivity index (χ3n) is 2.08. The van der Waals surface area contributed by atoms with Crippen LogP contribution in [0.15, 0.2) is 28.7 Å². The van der Waals surface area contributed by atoms with Crippen molar-refractivity contribution < 1.29 is 9.59 Å². The van der Waals surface area contributed by atoms with E-state index in [9.17, 15) is 9.59 Å². The molecule has 0 saturated carbocycles. The molecule has 6 heteroatoms. The maximum Gasteiger partial charge on any atom is 0.321 e. The predicted molar refractivity (Wildman–Crippen MR) is 69.8 cm³/mol. The second-order valence-corrected chi connectivity index (χ2v) is 4.36. The number of hydrogen-bond donors (Lipinski definition) is 3. The van der Waals surface area contributed by atoms with Crippen molar-refractivity contribution in [2.24, 2.45) is 0 Å². The summed E-state index contributed by atoms with van der Waals surface area (Å²) in [7, 11) is 1.45. The van der Waals surface area contributed by atoms with Gasteiger partial charge in [-0.2, -0.15) is 0 Å². The highest BCUT2D eigenvalue weighted by Gasteiger charge is 2.14. The molecule has 1 rings (SSSR count). The number of carbonyl (C=O) groups excluding carboxylic acids is 2. The third kappa shape index (κ3) is 4.44. The number of carbonyl (C=O) groups is 2. The van der Waals surface area contributed by atoms with Crippen LogP contribution in [0.4, 0.5) is 10.5 Å². The van der Waals surface area contributed by atoms with E-state index in [2.05, 4.69) is 31.9 Å². The van der Waals surface area contributed by atoms with Crippen LogP contribution in [-0.2, 0) is 4.79 Å². The van der Waals surface area contributed by atoms with Crippen LogP contribution < -0.4 is 16.0 Å². The summed E-state index contributed by atoms with van der Waals surface area (Å²) in [4.78, 5) is 22.5. The zero-order chi connectivity index (χ0) is 12.8. The largest absolute Gasteiger partial charge is 0.374 e. The molecule has 0 saturated heterocycles. The van der Waals surface area contributed by atoms with Gasteiger partial charge in [0, 0.05) is 17.2 Å². The van der Waals surface area contributed by atoms with Crippen LogP contribution in [0.3, 0.4) is 0 Å². The van der Waals surface area contributed by atoms with Crippen LogP contribution in [-0.4, -0.2) is 25.0 Å². The number of anilines is 1. The Hall–Kier alpha value is -1.56. The van der Waals surface area contributed by atoms with Crippen molar-refractivity contribution in [1.29, 1.82) is 0 Å². The molecular formula is C11H14BrN3O2. The molecule has 1 aromatic rings. The summed E-state index contributed by atoms with van der Waals surface area (Å²) in [5.41, 5.74) is 0.813. The van der Waals surface area contributed by atoms with Crippen molar-refractivity contribution in [2.45, 2.75) is 13.0 Å². The average molecular weight is 300 g/mol. The molecule has 0 heterocycles. The first-order valence-corrected chi connectivity index (χ1v) is 5.87.